The summed E-state index contributed by atoms with van der Waals surface area (Å²) in [6.45, 7) is 2.50. The molecule has 0 saturated heterocycles. The van der Waals surface area contributed by atoms with Gasteiger partial charge in [-0.15, -0.1) is 0 Å². The minimum atomic E-state index is -0.411. The van der Waals surface area contributed by atoms with Crippen molar-refractivity contribution in [3.63, 3.8) is 0 Å². The number of carbonyl (C=O) groups excluding carboxylic acids is 1. The highest BCUT2D eigenvalue weighted by Gasteiger charge is 2.01. The second kappa shape index (κ2) is 4.29. The predicted octanol–water partition coefficient (Wildman–Crippen LogP) is -1.26. The fourth-order valence-corrected chi connectivity index (χ4v) is 0.482. The van der Waals surface area contributed by atoms with Crippen LogP contribution in [0, 0.1) is 0 Å². The lowest BCUT2D eigenvalue weighted by molar-refractivity contribution is -0.120. The normalized spacial score (nSPS) is 10.1. The van der Waals surface area contributed by atoms with Crippen LogP contribution >= 0.6 is 0 Å². The smallest absolute Gasteiger partial charge is 0.231 e. The maximum absolute atomic E-state index is 10.2. The molecule has 0 fully saturated rings. The van der Waals surface area contributed by atoms with Gasteiger partial charge < -0.3 is 10.8 Å². The van der Waals surface area contributed by atoms with Crippen LogP contribution in [0.2, 0.25) is 0 Å². The molecule has 0 saturated carbocycles. The van der Waals surface area contributed by atoms with Gasteiger partial charge in [0.1, 0.15) is 0 Å². The molecule has 4 heteroatoms. The molecule has 0 rings (SSSR count). The lowest BCUT2D eigenvalue weighted by Gasteiger charge is -2.13. The van der Waals surface area contributed by atoms with Crippen LogP contribution in [0.5, 0.6) is 0 Å². The largest absolute Gasteiger partial charge is 0.381 e. The van der Waals surface area contributed by atoms with E-state index >= 15 is 0 Å². The zero-order chi connectivity index (χ0) is 7.28. The number of nitrogens with two attached hydrogens (primary N) is 1. The van der Waals surface area contributed by atoms with Crippen molar-refractivity contribution in [2.45, 2.75) is 6.92 Å². The van der Waals surface area contributed by atoms with Gasteiger partial charge in [0.2, 0.25) is 5.91 Å². The summed E-state index contributed by atoms with van der Waals surface area (Å²) in [4.78, 5) is 11.7. The van der Waals surface area contributed by atoms with Crippen molar-refractivity contribution >= 4 is 5.91 Å². The van der Waals surface area contributed by atoms with Gasteiger partial charge in [0.25, 0.3) is 0 Å². The van der Waals surface area contributed by atoms with Crippen molar-refractivity contribution in [1.29, 1.82) is 0 Å². The van der Waals surface area contributed by atoms with Gasteiger partial charge in [-0.3, -0.25) is 9.69 Å². The highest BCUT2D eigenvalue weighted by atomic mass is 16.3. The molecule has 1 amide bonds. The van der Waals surface area contributed by atoms with E-state index in [9.17, 15) is 4.79 Å². The van der Waals surface area contributed by atoms with Crippen molar-refractivity contribution in [3.8, 4) is 0 Å². The van der Waals surface area contributed by atoms with Gasteiger partial charge in [0.15, 0.2) is 0 Å². The van der Waals surface area contributed by atoms with Gasteiger partial charge in [0, 0.05) is 0 Å². The number of nitrogens with zero attached hydrogens (tertiary/aromatic N) is 1. The maximum Gasteiger partial charge on any atom is 0.231 e. The summed E-state index contributed by atoms with van der Waals surface area (Å²) in [5, 5.41) is 8.49. The van der Waals surface area contributed by atoms with Crippen LogP contribution in [0.1, 0.15) is 6.92 Å². The molecule has 3 N–H and O–H groups in total. The summed E-state index contributed by atoms with van der Waals surface area (Å²) in [6.07, 6.45) is 0. The number of carbonyl (C=O) groups is 1. The van der Waals surface area contributed by atoms with E-state index < -0.39 is 5.91 Å². The third-order valence-corrected chi connectivity index (χ3v) is 1.03. The van der Waals surface area contributed by atoms with Gasteiger partial charge in [-0.2, -0.15) is 0 Å². The quantitative estimate of drug-likeness (QED) is 0.469. The topological polar surface area (TPSA) is 66.6 Å². The van der Waals surface area contributed by atoms with Crippen LogP contribution in [0.15, 0.2) is 0 Å². The predicted molar refractivity (Wildman–Crippen MR) is 33.5 cm³/mol. The molecule has 0 aromatic heterocycles. The monoisotopic (exact) mass is 132 g/mol. The van der Waals surface area contributed by atoms with Gasteiger partial charge in [0.05, 0.1) is 13.3 Å². The number of hydrogen-bond donors (Lipinski definition) is 2. The SMILES string of the molecule is CCN(CO)CC(N)=O. The van der Waals surface area contributed by atoms with E-state index in [0.717, 1.165) is 0 Å². The number of primary amides is 1. The van der Waals surface area contributed by atoms with Gasteiger partial charge in [-0.25, -0.2) is 0 Å². The van der Waals surface area contributed by atoms with Crippen LogP contribution in [0.3, 0.4) is 0 Å². The third-order valence-electron chi connectivity index (χ3n) is 1.03. The summed E-state index contributed by atoms with van der Waals surface area (Å²) < 4.78 is 0. The molecule has 0 aliphatic carbocycles. The van der Waals surface area contributed by atoms with Crippen molar-refractivity contribution in [2.75, 3.05) is 19.8 Å². The number of rotatable bonds is 4. The van der Waals surface area contributed by atoms with Crippen molar-refractivity contribution in [1.82, 2.24) is 4.90 Å². The molecule has 0 atom stereocenters. The van der Waals surface area contributed by atoms with Gasteiger partial charge >= 0.3 is 0 Å². The zero-order valence-electron chi connectivity index (χ0n) is 5.50. The van der Waals surface area contributed by atoms with Crippen LogP contribution in [-0.2, 0) is 4.79 Å². The van der Waals surface area contributed by atoms with Crippen molar-refractivity contribution in [3.05, 3.63) is 0 Å². The van der Waals surface area contributed by atoms with E-state index in [4.69, 9.17) is 10.8 Å². The Labute approximate surface area is 54.3 Å². The summed E-state index contributed by atoms with van der Waals surface area (Å²) in [5.74, 6) is -0.411. The van der Waals surface area contributed by atoms with Crippen LogP contribution in [-0.4, -0.2) is 35.7 Å². The van der Waals surface area contributed by atoms with E-state index in [1.165, 1.54) is 4.90 Å². The molecule has 54 valence electrons. The fraction of sp³-hybridized carbons (Fsp3) is 0.800. The molecule has 0 aromatic carbocycles. The summed E-state index contributed by atoms with van der Waals surface area (Å²) in [6, 6.07) is 0. The molecule has 0 heterocycles. The molecular weight excluding hydrogens is 120 g/mol. The lowest BCUT2D eigenvalue weighted by atomic mass is 10.5. The second-order valence-electron chi connectivity index (χ2n) is 1.75. The standard InChI is InChI=1S/C5H12N2O2/c1-2-7(4-8)3-5(6)9/h8H,2-4H2,1H3,(H2,6,9). The Bertz CT molecular complexity index is 91.0. The highest BCUT2D eigenvalue weighted by Crippen LogP contribution is 1.81. The van der Waals surface area contributed by atoms with Gasteiger partial charge in [-0.1, -0.05) is 6.92 Å². The molecule has 0 spiro atoms. The molecule has 0 bridgehead atoms. The Morgan fingerprint density at radius 1 is 1.78 bits per heavy atom. The summed E-state index contributed by atoms with van der Waals surface area (Å²) in [7, 11) is 0. The van der Waals surface area contributed by atoms with Crippen LogP contribution < -0.4 is 5.73 Å². The molecule has 0 radical (unpaired) electrons. The Balaban J connectivity index is 3.43. The molecule has 0 aliphatic rings. The fourth-order valence-electron chi connectivity index (χ4n) is 0.482. The Morgan fingerprint density at radius 3 is 2.44 bits per heavy atom. The number of amides is 1. The molecular formula is C5H12N2O2. The van der Waals surface area contributed by atoms with E-state index in [0.29, 0.717) is 6.54 Å². The molecule has 0 unspecified atom stereocenters. The third kappa shape index (κ3) is 3.93. The molecule has 9 heavy (non-hydrogen) atoms. The number of likely N-dealkylation sites (N-methyl/N-ethyl adjacent to an activating group) is 1. The first-order valence-corrected chi connectivity index (χ1v) is 2.82. The zero-order valence-corrected chi connectivity index (χ0v) is 5.50. The van der Waals surface area contributed by atoms with Crippen molar-refractivity contribution < 1.29 is 9.90 Å². The Kier molecular flexibility index (Phi) is 4.00. The van der Waals surface area contributed by atoms with Crippen molar-refractivity contribution in [2.24, 2.45) is 5.73 Å². The van der Waals surface area contributed by atoms with Crippen LogP contribution in [0.4, 0.5) is 0 Å². The highest BCUT2D eigenvalue weighted by molar-refractivity contribution is 5.75. The Hall–Kier alpha value is -0.610. The lowest BCUT2D eigenvalue weighted by Crippen LogP contribution is -2.34. The maximum atomic E-state index is 10.2. The second-order valence-corrected chi connectivity index (χ2v) is 1.75. The molecule has 4 nitrogen and oxygen atoms in total. The first-order valence-electron chi connectivity index (χ1n) is 2.82. The van der Waals surface area contributed by atoms with E-state index in [1.54, 1.807) is 0 Å². The summed E-state index contributed by atoms with van der Waals surface area (Å²) >= 11 is 0. The number of aliphatic hydroxyl groups is 1. The first kappa shape index (κ1) is 8.39. The molecule has 0 aromatic rings. The van der Waals surface area contributed by atoms with Gasteiger partial charge in [-0.05, 0) is 6.54 Å². The minimum absolute atomic E-state index is 0.112. The van der Waals surface area contributed by atoms with E-state index in [-0.39, 0.29) is 13.3 Å². The number of aliphatic hydroxyl groups excluding tert-OH is 1. The molecule has 0 aliphatic heterocycles. The minimum Gasteiger partial charge on any atom is -0.381 e. The Morgan fingerprint density at radius 2 is 2.33 bits per heavy atom. The van der Waals surface area contributed by atoms with E-state index in [2.05, 4.69) is 0 Å². The average Bonchev–Trinajstić information content (AvgIpc) is 1.82. The van der Waals surface area contributed by atoms with E-state index in [1.807, 2.05) is 6.92 Å². The summed E-state index contributed by atoms with van der Waals surface area (Å²) in [5.41, 5.74) is 4.85. The first-order chi connectivity index (χ1) is 4.20. The van der Waals surface area contributed by atoms with Crippen LogP contribution in [0.25, 0.3) is 0 Å². The average molecular weight is 132 g/mol. The number of hydrogen-bond acceptors (Lipinski definition) is 3.